The van der Waals surface area contributed by atoms with Crippen LogP contribution in [-0.4, -0.2) is 32.0 Å². The molecule has 3 aromatic rings. The zero-order valence-electron chi connectivity index (χ0n) is 15.5. The summed E-state index contributed by atoms with van der Waals surface area (Å²) in [6.45, 7) is 4.29. The van der Waals surface area contributed by atoms with E-state index in [1.807, 2.05) is 48.7 Å². The summed E-state index contributed by atoms with van der Waals surface area (Å²) in [5.74, 6) is 0.631. The summed E-state index contributed by atoms with van der Waals surface area (Å²) >= 11 is 1.24. The lowest BCUT2D eigenvalue weighted by Gasteiger charge is -2.19. The molecular formula is C19H21N5O3S. The van der Waals surface area contributed by atoms with Gasteiger partial charge in [-0.15, -0.1) is 10.2 Å². The van der Waals surface area contributed by atoms with E-state index in [1.54, 1.807) is 18.4 Å². The molecule has 0 fully saturated rings. The van der Waals surface area contributed by atoms with Gasteiger partial charge in [0.25, 0.3) is 0 Å². The molecule has 9 heteroatoms. The number of urea groups is 1. The Bertz CT molecular complexity index is 938. The van der Waals surface area contributed by atoms with Gasteiger partial charge in [-0.1, -0.05) is 55.9 Å². The second kappa shape index (κ2) is 8.75. The number of imide groups is 1. The van der Waals surface area contributed by atoms with Crippen molar-refractivity contribution >= 4 is 23.7 Å². The first-order chi connectivity index (χ1) is 13.5. The number of carbonyl (C=O) groups excluding carboxylic acids is 2. The van der Waals surface area contributed by atoms with Crippen LogP contribution in [0.3, 0.4) is 0 Å². The maximum Gasteiger partial charge on any atom is 0.318 e. The first kappa shape index (κ1) is 19.7. The fourth-order valence-corrected chi connectivity index (χ4v) is 3.70. The smallest absolute Gasteiger partial charge is 0.318 e. The quantitative estimate of drug-likeness (QED) is 0.590. The molecule has 146 valence electrons. The monoisotopic (exact) mass is 399 g/mol. The van der Waals surface area contributed by atoms with Gasteiger partial charge in [-0.3, -0.25) is 14.7 Å². The van der Waals surface area contributed by atoms with Crippen molar-refractivity contribution in [2.75, 3.05) is 0 Å². The third-order valence-corrected chi connectivity index (χ3v) is 5.51. The molecule has 3 rings (SSSR count). The summed E-state index contributed by atoms with van der Waals surface area (Å²) in [5, 5.41) is 10.7. The molecule has 3 amide bonds. The Hall–Kier alpha value is -3.07. The molecule has 8 nitrogen and oxygen atoms in total. The van der Waals surface area contributed by atoms with Crippen molar-refractivity contribution in [2.45, 2.75) is 30.8 Å². The van der Waals surface area contributed by atoms with Crippen molar-refractivity contribution < 1.29 is 14.0 Å². The number of nitrogens with two attached hydrogens (primary N) is 1. The molecule has 28 heavy (non-hydrogen) atoms. The largest absolute Gasteiger partial charge is 0.461 e. The number of rotatable bonds is 7. The normalized spacial score (nSPS) is 12.1. The Morgan fingerprint density at radius 3 is 2.54 bits per heavy atom. The van der Waals surface area contributed by atoms with E-state index < -0.39 is 17.2 Å². The van der Waals surface area contributed by atoms with Gasteiger partial charge < -0.3 is 10.2 Å². The van der Waals surface area contributed by atoms with Gasteiger partial charge in [0.2, 0.25) is 11.7 Å². The van der Waals surface area contributed by atoms with E-state index in [2.05, 4.69) is 15.5 Å². The predicted octanol–water partition coefficient (Wildman–Crippen LogP) is 2.90. The number of thioether (sulfide) groups is 1. The summed E-state index contributed by atoms with van der Waals surface area (Å²) in [4.78, 5) is 23.5. The number of carbonyl (C=O) groups is 2. The standard InChI is InChI=1S/C19H21N5O3S/c1-12(2)15(17(25)21-18(20)26)28-19-23-22-16(14-9-6-10-27-14)24(19)11-13-7-4-3-5-8-13/h3-10,12,15H,11H2,1-2H3,(H3,20,21,25,26)/t15-/m0/s1. The van der Waals surface area contributed by atoms with Crippen molar-refractivity contribution in [3.05, 3.63) is 54.3 Å². The first-order valence-corrected chi connectivity index (χ1v) is 9.61. The molecule has 2 aromatic heterocycles. The number of nitrogens with zero attached hydrogens (tertiary/aromatic N) is 3. The van der Waals surface area contributed by atoms with Crippen LogP contribution in [0, 0.1) is 5.92 Å². The lowest BCUT2D eigenvalue weighted by molar-refractivity contribution is -0.120. The number of nitrogens with one attached hydrogen (secondary N) is 1. The lowest BCUT2D eigenvalue weighted by Crippen LogP contribution is -2.42. The third-order valence-electron chi connectivity index (χ3n) is 3.98. The summed E-state index contributed by atoms with van der Waals surface area (Å²) in [6, 6.07) is 12.6. The fourth-order valence-electron chi connectivity index (χ4n) is 2.67. The summed E-state index contributed by atoms with van der Waals surface area (Å²) in [5.41, 5.74) is 6.15. The van der Waals surface area contributed by atoms with E-state index in [0.29, 0.717) is 23.3 Å². The van der Waals surface area contributed by atoms with Crippen LogP contribution in [-0.2, 0) is 11.3 Å². The number of benzene rings is 1. The summed E-state index contributed by atoms with van der Waals surface area (Å²) in [6.07, 6.45) is 1.57. The molecule has 0 unspecified atom stereocenters. The maximum absolute atomic E-state index is 12.4. The fraction of sp³-hybridized carbons (Fsp3) is 0.263. The van der Waals surface area contributed by atoms with Gasteiger partial charge >= 0.3 is 6.03 Å². The molecule has 3 N–H and O–H groups in total. The molecule has 0 radical (unpaired) electrons. The van der Waals surface area contributed by atoms with Crippen molar-refractivity contribution in [1.29, 1.82) is 0 Å². The second-order valence-corrected chi connectivity index (χ2v) is 7.60. The van der Waals surface area contributed by atoms with Crippen molar-refractivity contribution in [1.82, 2.24) is 20.1 Å². The first-order valence-electron chi connectivity index (χ1n) is 8.73. The molecule has 0 saturated carbocycles. The molecule has 0 spiro atoms. The van der Waals surface area contributed by atoms with Crippen LogP contribution in [0.4, 0.5) is 4.79 Å². The van der Waals surface area contributed by atoms with Crippen LogP contribution in [0.5, 0.6) is 0 Å². The maximum atomic E-state index is 12.4. The van der Waals surface area contributed by atoms with Gasteiger partial charge in [-0.2, -0.15) is 0 Å². The molecule has 1 aromatic carbocycles. The zero-order chi connectivity index (χ0) is 20.1. The van der Waals surface area contributed by atoms with Crippen LogP contribution in [0.1, 0.15) is 19.4 Å². The SMILES string of the molecule is CC(C)[C@H](Sc1nnc(-c2ccco2)n1Cc1ccccc1)C(=O)NC(N)=O. The van der Waals surface area contributed by atoms with Crippen LogP contribution in [0.15, 0.2) is 58.3 Å². The molecule has 1 atom stereocenters. The van der Waals surface area contributed by atoms with Gasteiger partial charge in [-0.25, -0.2) is 4.79 Å². The molecule has 0 aliphatic heterocycles. The average Bonchev–Trinajstić information content (AvgIpc) is 3.29. The minimum atomic E-state index is -0.877. The third kappa shape index (κ3) is 4.61. The second-order valence-electron chi connectivity index (χ2n) is 6.49. The average molecular weight is 399 g/mol. The highest BCUT2D eigenvalue weighted by atomic mass is 32.2. The Kier molecular flexibility index (Phi) is 6.15. The van der Waals surface area contributed by atoms with E-state index in [1.165, 1.54) is 11.8 Å². The van der Waals surface area contributed by atoms with E-state index in [0.717, 1.165) is 5.56 Å². The minimum absolute atomic E-state index is 0.0571. The van der Waals surface area contributed by atoms with Gasteiger partial charge in [0.15, 0.2) is 10.9 Å². The molecule has 0 saturated heterocycles. The van der Waals surface area contributed by atoms with Crippen molar-refractivity contribution in [3.8, 4) is 11.6 Å². The van der Waals surface area contributed by atoms with E-state index in [9.17, 15) is 9.59 Å². The van der Waals surface area contributed by atoms with Gasteiger partial charge in [-0.05, 0) is 23.6 Å². The van der Waals surface area contributed by atoms with Crippen molar-refractivity contribution in [2.24, 2.45) is 11.7 Å². The highest BCUT2D eigenvalue weighted by Crippen LogP contribution is 2.31. The molecule has 0 aliphatic rings. The van der Waals surface area contributed by atoms with Gasteiger partial charge in [0, 0.05) is 0 Å². The van der Waals surface area contributed by atoms with Crippen LogP contribution in [0.25, 0.3) is 11.6 Å². The number of hydrogen-bond donors (Lipinski definition) is 2. The van der Waals surface area contributed by atoms with E-state index >= 15 is 0 Å². The Morgan fingerprint density at radius 1 is 1.18 bits per heavy atom. The van der Waals surface area contributed by atoms with E-state index in [-0.39, 0.29) is 5.92 Å². The lowest BCUT2D eigenvalue weighted by atomic mass is 10.1. The van der Waals surface area contributed by atoms with Gasteiger partial charge in [0.05, 0.1) is 18.1 Å². The van der Waals surface area contributed by atoms with Gasteiger partial charge in [0.1, 0.15) is 0 Å². The molecule has 0 aliphatic carbocycles. The minimum Gasteiger partial charge on any atom is -0.461 e. The van der Waals surface area contributed by atoms with Crippen molar-refractivity contribution in [3.63, 3.8) is 0 Å². The number of furan rings is 1. The zero-order valence-corrected chi connectivity index (χ0v) is 16.3. The predicted molar refractivity (Wildman–Crippen MR) is 105 cm³/mol. The number of hydrogen-bond acceptors (Lipinski definition) is 6. The van der Waals surface area contributed by atoms with Crippen LogP contribution < -0.4 is 11.1 Å². The summed E-state index contributed by atoms with van der Waals surface area (Å²) < 4.78 is 7.39. The Balaban J connectivity index is 1.95. The number of amides is 3. The topological polar surface area (TPSA) is 116 Å². The number of aromatic nitrogens is 3. The molecular weight excluding hydrogens is 378 g/mol. The summed E-state index contributed by atoms with van der Waals surface area (Å²) in [7, 11) is 0. The Labute approximate surface area is 166 Å². The Morgan fingerprint density at radius 2 is 1.93 bits per heavy atom. The highest BCUT2D eigenvalue weighted by molar-refractivity contribution is 8.00. The highest BCUT2D eigenvalue weighted by Gasteiger charge is 2.28. The van der Waals surface area contributed by atoms with E-state index in [4.69, 9.17) is 10.2 Å². The van der Waals surface area contributed by atoms with Crippen LogP contribution >= 0.6 is 11.8 Å². The molecule has 0 bridgehead atoms. The van der Waals surface area contributed by atoms with Crippen LogP contribution in [0.2, 0.25) is 0 Å². The number of primary amides is 1. The molecule has 2 heterocycles.